The lowest BCUT2D eigenvalue weighted by Gasteiger charge is -2.41. The van der Waals surface area contributed by atoms with Crippen LogP contribution in [0.1, 0.15) is 30.9 Å². The fraction of sp³-hybridized carbons (Fsp3) is 0.406. The molecule has 1 aromatic heterocycles. The van der Waals surface area contributed by atoms with Crippen LogP contribution in [0.4, 0.5) is 28.7 Å². The van der Waals surface area contributed by atoms with E-state index in [0.29, 0.717) is 51.5 Å². The maximum atomic E-state index is 12.5. The van der Waals surface area contributed by atoms with Crippen LogP contribution in [0.15, 0.2) is 55.4 Å². The summed E-state index contributed by atoms with van der Waals surface area (Å²) in [5.74, 6) is 1.43. The van der Waals surface area contributed by atoms with Crippen LogP contribution in [0.2, 0.25) is 10.0 Å². The molecule has 0 bridgehead atoms. The van der Waals surface area contributed by atoms with Gasteiger partial charge in [0.1, 0.15) is 17.9 Å². The van der Waals surface area contributed by atoms with Crippen molar-refractivity contribution in [1.82, 2.24) is 14.9 Å². The predicted octanol–water partition coefficient (Wildman–Crippen LogP) is 5.84. The van der Waals surface area contributed by atoms with Gasteiger partial charge in [0, 0.05) is 50.8 Å². The highest BCUT2D eigenvalue weighted by Crippen LogP contribution is 2.41. The quantitative estimate of drug-likeness (QED) is 0.274. The van der Waals surface area contributed by atoms with Crippen molar-refractivity contribution in [3.05, 3.63) is 71.0 Å². The van der Waals surface area contributed by atoms with Crippen LogP contribution in [0.3, 0.4) is 0 Å². The number of hydroxylamine groups is 1. The van der Waals surface area contributed by atoms with E-state index in [1.165, 1.54) is 12.4 Å². The van der Waals surface area contributed by atoms with Gasteiger partial charge in [-0.15, -0.1) is 0 Å². The summed E-state index contributed by atoms with van der Waals surface area (Å²) in [4.78, 5) is 32.2. The zero-order valence-corrected chi connectivity index (χ0v) is 26.7. The zero-order valence-electron chi connectivity index (χ0n) is 25.2. The van der Waals surface area contributed by atoms with E-state index in [1.54, 1.807) is 18.2 Å². The molecule has 13 heteroatoms. The van der Waals surface area contributed by atoms with Gasteiger partial charge in [-0.1, -0.05) is 35.8 Å². The topological polar surface area (TPSA) is 104 Å². The second-order valence-electron chi connectivity index (χ2n) is 11.2. The molecule has 0 spiro atoms. The molecular weight excluding hydrogens is 617 g/mol. The summed E-state index contributed by atoms with van der Waals surface area (Å²) >= 11 is 12.5. The number of hydrogen-bond donors (Lipinski definition) is 2. The van der Waals surface area contributed by atoms with E-state index in [4.69, 9.17) is 37.5 Å². The highest BCUT2D eigenvalue weighted by atomic mass is 35.5. The van der Waals surface area contributed by atoms with Gasteiger partial charge in [-0.2, -0.15) is 0 Å². The van der Waals surface area contributed by atoms with E-state index in [0.717, 1.165) is 69.9 Å². The maximum Gasteiger partial charge on any atom is 0.247 e. The van der Waals surface area contributed by atoms with Crippen LogP contribution in [-0.2, 0) is 14.4 Å². The molecule has 0 saturated carbocycles. The molecular formula is C32H37Cl2N7O4. The fourth-order valence-electron chi connectivity index (χ4n) is 6.19. The van der Waals surface area contributed by atoms with Gasteiger partial charge >= 0.3 is 0 Å². The van der Waals surface area contributed by atoms with Crippen molar-refractivity contribution >= 4 is 57.8 Å². The highest BCUT2D eigenvalue weighted by molar-refractivity contribution is 6.42. The monoisotopic (exact) mass is 653 g/mol. The summed E-state index contributed by atoms with van der Waals surface area (Å²) in [6, 6.07) is 11.7. The Labute approximate surface area is 273 Å². The number of amides is 1. The van der Waals surface area contributed by atoms with E-state index in [-0.39, 0.29) is 11.9 Å². The molecule has 0 radical (unpaired) electrons. The summed E-state index contributed by atoms with van der Waals surface area (Å²) < 4.78 is 11.4. The second kappa shape index (κ2) is 14.2. The normalized spacial score (nSPS) is 19.4. The predicted molar refractivity (Wildman–Crippen MR) is 177 cm³/mol. The average molecular weight is 655 g/mol. The maximum absolute atomic E-state index is 12.5. The van der Waals surface area contributed by atoms with Crippen molar-refractivity contribution in [3.8, 4) is 5.75 Å². The molecule has 45 heavy (non-hydrogen) atoms. The van der Waals surface area contributed by atoms with E-state index in [1.807, 2.05) is 30.3 Å². The van der Waals surface area contributed by atoms with Gasteiger partial charge in [0.25, 0.3) is 0 Å². The number of nitrogens with zero attached hydrogens (tertiary/aromatic N) is 5. The number of ether oxygens (including phenoxy) is 2. The molecule has 1 atom stereocenters. The number of aromatic nitrogens is 2. The molecule has 3 aliphatic rings. The summed E-state index contributed by atoms with van der Waals surface area (Å²) in [6.45, 7) is 9.43. The first-order chi connectivity index (χ1) is 21.9. The van der Waals surface area contributed by atoms with Gasteiger partial charge in [0.15, 0.2) is 5.82 Å². The van der Waals surface area contributed by atoms with Crippen LogP contribution in [0.5, 0.6) is 5.75 Å². The molecule has 238 valence electrons. The number of methoxy groups -OCH3 is 1. The lowest BCUT2D eigenvalue weighted by atomic mass is 10.0. The summed E-state index contributed by atoms with van der Waals surface area (Å²) in [6.07, 6.45) is 5.56. The number of hydrogen-bond acceptors (Lipinski definition) is 10. The Hall–Kier alpha value is -3.61. The number of anilines is 5. The molecule has 6 rings (SSSR count). The second-order valence-corrected chi connectivity index (χ2v) is 12.0. The van der Waals surface area contributed by atoms with E-state index >= 15 is 0 Å². The Bertz CT molecular complexity index is 1530. The third kappa shape index (κ3) is 7.13. The zero-order chi connectivity index (χ0) is 31.3. The van der Waals surface area contributed by atoms with E-state index in [2.05, 4.69) is 37.0 Å². The Balaban J connectivity index is 1.24. The summed E-state index contributed by atoms with van der Waals surface area (Å²) in [5.41, 5.74) is 3.16. The molecule has 11 nitrogen and oxygen atoms in total. The van der Waals surface area contributed by atoms with Crippen molar-refractivity contribution in [1.29, 1.82) is 0 Å². The number of rotatable bonds is 9. The number of halogens is 2. The minimum atomic E-state index is -0.292. The van der Waals surface area contributed by atoms with Gasteiger partial charge in [0.05, 0.1) is 60.1 Å². The third-order valence-electron chi connectivity index (χ3n) is 8.50. The van der Waals surface area contributed by atoms with Gasteiger partial charge in [-0.25, -0.2) is 15.0 Å². The SMILES string of the molecule is C=CC(=O)Nc1cc(Nc2cc(N3OCCC3c3ccc(Cl)c(Cl)c3)ncn2)c(OC)cc1N1CCC(N2CCOCC2)CC1. The van der Waals surface area contributed by atoms with Crippen molar-refractivity contribution in [3.63, 3.8) is 0 Å². The van der Waals surface area contributed by atoms with Gasteiger partial charge in [-0.3, -0.25) is 14.5 Å². The number of piperidine rings is 1. The van der Waals surface area contributed by atoms with Gasteiger partial charge < -0.3 is 25.0 Å². The number of nitrogens with one attached hydrogen (secondary N) is 2. The van der Waals surface area contributed by atoms with Gasteiger partial charge in [-0.05, 0) is 42.7 Å². The van der Waals surface area contributed by atoms with Crippen LogP contribution in [0, 0.1) is 0 Å². The van der Waals surface area contributed by atoms with Gasteiger partial charge in [0.2, 0.25) is 5.91 Å². The smallest absolute Gasteiger partial charge is 0.247 e. The van der Waals surface area contributed by atoms with Crippen molar-refractivity contribution in [2.75, 3.05) is 73.7 Å². The standard InChI is InChI=1S/C32H37Cl2N7O4/c1-3-32(42)38-25-17-26(29(43-2)18-28(25)40-9-6-22(7-10-40)39-11-14-44-15-12-39)37-30-19-31(36-20-35-30)41-27(8-13-45-41)21-4-5-23(33)24(34)16-21/h3-5,16-20,22,27H,1,6-15H2,2H3,(H,38,42)(H,35,36,37). The Morgan fingerprint density at radius 2 is 1.80 bits per heavy atom. The van der Waals surface area contributed by atoms with Crippen molar-refractivity contribution in [2.24, 2.45) is 0 Å². The molecule has 4 heterocycles. The largest absolute Gasteiger partial charge is 0.494 e. The highest BCUT2D eigenvalue weighted by Gasteiger charge is 2.30. The molecule has 3 fully saturated rings. The molecule has 3 aromatic rings. The van der Waals surface area contributed by atoms with E-state index < -0.39 is 0 Å². The van der Waals surface area contributed by atoms with Crippen LogP contribution in [0.25, 0.3) is 0 Å². The molecule has 3 saturated heterocycles. The summed E-state index contributed by atoms with van der Waals surface area (Å²) in [7, 11) is 1.63. The average Bonchev–Trinajstić information content (AvgIpc) is 3.57. The lowest BCUT2D eigenvalue weighted by Crippen LogP contribution is -2.49. The molecule has 3 aliphatic heterocycles. The van der Waals surface area contributed by atoms with Crippen molar-refractivity contribution in [2.45, 2.75) is 31.3 Å². The number of carbonyl (C=O) groups is 1. The molecule has 1 amide bonds. The summed E-state index contributed by atoms with van der Waals surface area (Å²) in [5, 5.41) is 9.11. The van der Waals surface area contributed by atoms with Crippen molar-refractivity contribution < 1.29 is 19.1 Å². The molecule has 2 N–H and O–H groups in total. The molecule has 1 unspecified atom stereocenters. The number of morpholine rings is 1. The third-order valence-corrected chi connectivity index (χ3v) is 9.24. The minimum absolute atomic E-state index is 0.0931. The first kappa shape index (κ1) is 31.4. The van der Waals surface area contributed by atoms with Crippen LogP contribution >= 0.6 is 23.2 Å². The minimum Gasteiger partial charge on any atom is -0.494 e. The first-order valence-electron chi connectivity index (χ1n) is 15.1. The van der Waals surface area contributed by atoms with E-state index in [9.17, 15) is 4.79 Å². The van der Waals surface area contributed by atoms with Crippen LogP contribution < -0.4 is 25.3 Å². The number of carbonyl (C=O) groups excluding carboxylic acids is 1. The fourth-order valence-corrected chi connectivity index (χ4v) is 6.49. The molecule has 0 aliphatic carbocycles. The van der Waals surface area contributed by atoms with Crippen LogP contribution in [-0.4, -0.2) is 79.9 Å². The first-order valence-corrected chi connectivity index (χ1v) is 15.9. The Kier molecular flexibility index (Phi) is 9.91. The number of benzene rings is 2. The Morgan fingerprint density at radius 3 is 2.53 bits per heavy atom. The Morgan fingerprint density at radius 1 is 1.00 bits per heavy atom. The lowest BCUT2D eigenvalue weighted by molar-refractivity contribution is -0.111. The molecule has 2 aromatic carbocycles.